The number of aryl methyl sites for hydroxylation is 1. The Morgan fingerprint density at radius 1 is 1.07 bits per heavy atom. The van der Waals surface area contributed by atoms with E-state index in [2.05, 4.69) is 17.1 Å². The summed E-state index contributed by atoms with van der Waals surface area (Å²) < 4.78 is 0. The number of rotatable bonds is 7. The maximum absolute atomic E-state index is 12.4. The third kappa shape index (κ3) is 5.80. The Kier molecular flexibility index (Phi) is 7.27. The molecule has 1 saturated heterocycles. The predicted molar refractivity (Wildman–Crippen MR) is 109 cm³/mol. The molecule has 1 N–H and O–H groups in total. The molecule has 0 bridgehead atoms. The Morgan fingerprint density at radius 2 is 1.78 bits per heavy atom. The molecule has 5 nitrogen and oxygen atoms in total. The highest BCUT2D eigenvalue weighted by Gasteiger charge is 2.24. The van der Waals surface area contributed by atoms with Crippen molar-refractivity contribution >= 4 is 17.5 Å². The molecule has 2 fully saturated rings. The molecule has 1 aliphatic heterocycles. The van der Waals surface area contributed by atoms with Crippen LogP contribution >= 0.6 is 0 Å². The summed E-state index contributed by atoms with van der Waals surface area (Å²) in [6, 6.07) is 7.95. The molecule has 2 aliphatic rings. The lowest BCUT2D eigenvalue weighted by Gasteiger charge is -2.34. The van der Waals surface area contributed by atoms with Crippen molar-refractivity contribution in [3.8, 4) is 0 Å². The van der Waals surface area contributed by atoms with Crippen molar-refractivity contribution in [3.63, 3.8) is 0 Å². The van der Waals surface area contributed by atoms with Crippen molar-refractivity contribution in [2.45, 2.75) is 51.9 Å². The Hall–Kier alpha value is -1.88. The van der Waals surface area contributed by atoms with Crippen molar-refractivity contribution in [2.24, 2.45) is 5.92 Å². The second-order valence-electron chi connectivity index (χ2n) is 7.90. The van der Waals surface area contributed by atoms with E-state index < -0.39 is 0 Å². The third-order valence-electron chi connectivity index (χ3n) is 6.01. The SMILES string of the molecule is CCc1ccccc1NC(=O)CN1CCN(C(=O)CCC2CCCC2)CC1. The molecule has 1 aromatic rings. The first-order valence-corrected chi connectivity index (χ1v) is 10.5. The van der Waals surface area contributed by atoms with Gasteiger partial charge in [-0.15, -0.1) is 0 Å². The van der Waals surface area contributed by atoms with E-state index in [4.69, 9.17) is 0 Å². The van der Waals surface area contributed by atoms with Crippen LogP contribution in [0.4, 0.5) is 5.69 Å². The Morgan fingerprint density at radius 3 is 2.48 bits per heavy atom. The van der Waals surface area contributed by atoms with Crippen LogP contribution in [0.15, 0.2) is 24.3 Å². The van der Waals surface area contributed by atoms with Crippen LogP contribution in [0, 0.1) is 5.92 Å². The summed E-state index contributed by atoms with van der Waals surface area (Å²) in [6.07, 6.45) is 7.93. The zero-order chi connectivity index (χ0) is 19.1. The van der Waals surface area contributed by atoms with Crippen molar-refractivity contribution < 1.29 is 9.59 Å². The highest BCUT2D eigenvalue weighted by Crippen LogP contribution is 2.28. The van der Waals surface area contributed by atoms with Crippen LogP contribution in [-0.2, 0) is 16.0 Å². The van der Waals surface area contributed by atoms with Gasteiger partial charge in [0.1, 0.15) is 0 Å². The highest BCUT2D eigenvalue weighted by molar-refractivity contribution is 5.93. The lowest BCUT2D eigenvalue weighted by Crippen LogP contribution is -2.50. The first-order valence-electron chi connectivity index (χ1n) is 10.5. The molecule has 148 valence electrons. The smallest absolute Gasteiger partial charge is 0.238 e. The van der Waals surface area contributed by atoms with Crippen LogP contribution in [0.3, 0.4) is 0 Å². The Bertz CT molecular complexity index is 632. The number of anilines is 1. The summed E-state index contributed by atoms with van der Waals surface area (Å²) in [5.74, 6) is 1.09. The minimum absolute atomic E-state index is 0.0249. The fraction of sp³-hybridized carbons (Fsp3) is 0.636. The van der Waals surface area contributed by atoms with Gasteiger partial charge in [0.25, 0.3) is 0 Å². The molecule has 1 aromatic carbocycles. The second kappa shape index (κ2) is 9.88. The molecular formula is C22H33N3O2. The molecule has 1 saturated carbocycles. The van der Waals surface area contributed by atoms with Gasteiger partial charge in [-0.05, 0) is 30.4 Å². The highest BCUT2D eigenvalue weighted by atomic mass is 16.2. The van der Waals surface area contributed by atoms with Gasteiger partial charge in [0, 0.05) is 38.3 Å². The maximum atomic E-state index is 12.4. The van der Waals surface area contributed by atoms with Crippen molar-refractivity contribution in [1.82, 2.24) is 9.80 Å². The minimum Gasteiger partial charge on any atom is -0.340 e. The molecule has 27 heavy (non-hydrogen) atoms. The number of hydrogen-bond acceptors (Lipinski definition) is 3. The third-order valence-corrected chi connectivity index (χ3v) is 6.01. The van der Waals surface area contributed by atoms with E-state index in [-0.39, 0.29) is 5.91 Å². The van der Waals surface area contributed by atoms with Gasteiger partial charge in [-0.25, -0.2) is 0 Å². The molecule has 3 rings (SSSR count). The number of carbonyl (C=O) groups is 2. The number of piperazine rings is 1. The monoisotopic (exact) mass is 371 g/mol. The summed E-state index contributed by atoms with van der Waals surface area (Å²) in [6.45, 7) is 5.51. The van der Waals surface area contributed by atoms with E-state index in [0.717, 1.165) is 56.2 Å². The van der Waals surface area contributed by atoms with Crippen LogP contribution < -0.4 is 5.32 Å². The van der Waals surface area contributed by atoms with Gasteiger partial charge in [-0.1, -0.05) is 50.8 Å². The van der Waals surface area contributed by atoms with Crippen LogP contribution in [0.25, 0.3) is 0 Å². The minimum atomic E-state index is 0.0249. The molecule has 0 aromatic heterocycles. The van der Waals surface area contributed by atoms with E-state index >= 15 is 0 Å². The van der Waals surface area contributed by atoms with E-state index in [1.807, 2.05) is 29.2 Å². The first-order chi connectivity index (χ1) is 13.2. The van der Waals surface area contributed by atoms with Crippen LogP contribution in [0.1, 0.15) is 51.0 Å². The van der Waals surface area contributed by atoms with Crippen LogP contribution in [0.5, 0.6) is 0 Å². The summed E-state index contributed by atoms with van der Waals surface area (Å²) in [5, 5.41) is 3.03. The summed E-state index contributed by atoms with van der Waals surface area (Å²) >= 11 is 0. The van der Waals surface area contributed by atoms with Gasteiger partial charge in [-0.3, -0.25) is 14.5 Å². The number of hydrogen-bond donors (Lipinski definition) is 1. The number of amides is 2. The second-order valence-corrected chi connectivity index (χ2v) is 7.90. The number of para-hydroxylation sites is 1. The zero-order valence-corrected chi connectivity index (χ0v) is 16.6. The van der Waals surface area contributed by atoms with E-state index in [1.165, 1.54) is 25.7 Å². The lowest BCUT2D eigenvalue weighted by molar-refractivity contribution is -0.133. The van der Waals surface area contributed by atoms with E-state index in [0.29, 0.717) is 18.9 Å². The first kappa shape index (κ1) is 19.9. The van der Waals surface area contributed by atoms with Crippen molar-refractivity contribution in [3.05, 3.63) is 29.8 Å². The summed E-state index contributed by atoms with van der Waals surface area (Å²) in [5.41, 5.74) is 2.06. The van der Waals surface area contributed by atoms with Crippen molar-refractivity contribution in [2.75, 3.05) is 38.0 Å². The van der Waals surface area contributed by atoms with Crippen LogP contribution in [0.2, 0.25) is 0 Å². The number of benzene rings is 1. The molecule has 5 heteroatoms. The average Bonchev–Trinajstić information content (AvgIpc) is 3.20. The van der Waals surface area contributed by atoms with Gasteiger partial charge in [-0.2, -0.15) is 0 Å². The standard InChI is InChI=1S/C22H33N3O2/c1-2-19-9-5-6-10-20(19)23-21(26)17-24-13-15-25(16-14-24)22(27)12-11-18-7-3-4-8-18/h5-6,9-10,18H,2-4,7-8,11-17H2,1H3,(H,23,26). The van der Waals surface area contributed by atoms with Gasteiger partial charge in [0.2, 0.25) is 11.8 Å². The van der Waals surface area contributed by atoms with Gasteiger partial charge < -0.3 is 10.2 Å². The molecular weight excluding hydrogens is 338 g/mol. The summed E-state index contributed by atoms with van der Waals surface area (Å²) in [4.78, 5) is 28.9. The molecule has 1 heterocycles. The fourth-order valence-corrected chi connectivity index (χ4v) is 4.28. The molecule has 1 aliphatic carbocycles. The number of nitrogens with zero attached hydrogens (tertiary/aromatic N) is 2. The normalized spacial score (nSPS) is 18.6. The topological polar surface area (TPSA) is 52.7 Å². The van der Waals surface area contributed by atoms with Gasteiger partial charge >= 0.3 is 0 Å². The molecule has 0 unspecified atom stereocenters. The van der Waals surface area contributed by atoms with Gasteiger partial charge in [0.05, 0.1) is 6.54 Å². The van der Waals surface area contributed by atoms with Crippen LogP contribution in [-0.4, -0.2) is 54.3 Å². The molecule has 0 atom stereocenters. The Labute approximate surface area is 163 Å². The maximum Gasteiger partial charge on any atom is 0.238 e. The largest absolute Gasteiger partial charge is 0.340 e. The van der Waals surface area contributed by atoms with Crippen molar-refractivity contribution in [1.29, 1.82) is 0 Å². The lowest BCUT2D eigenvalue weighted by atomic mass is 10.0. The zero-order valence-electron chi connectivity index (χ0n) is 16.6. The Balaban J connectivity index is 1.38. The quantitative estimate of drug-likeness (QED) is 0.800. The van der Waals surface area contributed by atoms with E-state index in [1.54, 1.807) is 0 Å². The fourth-order valence-electron chi connectivity index (χ4n) is 4.28. The number of carbonyl (C=O) groups excluding carboxylic acids is 2. The molecule has 0 spiro atoms. The average molecular weight is 372 g/mol. The van der Waals surface area contributed by atoms with Gasteiger partial charge in [0.15, 0.2) is 0 Å². The van der Waals surface area contributed by atoms with E-state index in [9.17, 15) is 9.59 Å². The predicted octanol–water partition coefficient (Wildman–Crippen LogP) is 3.30. The number of nitrogens with one attached hydrogen (secondary N) is 1. The molecule has 2 amide bonds. The summed E-state index contributed by atoms with van der Waals surface area (Å²) in [7, 11) is 0. The molecule has 0 radical (unpaired) electrons.